The predicted octanol–water partition coefficient (Wildman–Crippen LogP) is -0.774. The van der Waals surface area contributed by atoms with Crippen molar-refractivity contribution in [3.63, 3.8) is 0 Å². The molecule has 194 valence electrons. The molecule has 0 aromatic carbocycles. The summed E-state index contributed by atoms with van der Waals surface area (Å²) in [5.74, 6) is -0.199. The van der Waals surface area contributed by atoms with Gasteiger partial charge in [0.15, 0.2) is 11.2 Å². The number of hydrogen-bond donors (Lipinski definition) is 7. The summed E-state index contributed by atoms with van der Waals surface area (Å²) in [5.41, 5.74) is 11.6. The minimum atomic E-state index is -5.71. The Hall–Kier alpha value is -2.21. The minimum absolute atomic E-state index is 0.0117. The van der Waals surface area contributed by atoms with Crippen molar-refractivity contribution in [1.82, 2.24) is 24.4 Å². The van der Waals surface area contributed by atoms with E-state index in [4.69, 9.17) is 30.5 Å². The molecule has 1 fully saturated rings. The molecule has 3 heterocycles. The van der Waals surface area contributed by atoms with Gasteiger partial charge in [0.2, 0.25) is 17.6 Å². The Labute approximate surface area is 192 Å². The van der Waals surface area contributed by atoms with Crippen LogP contribution in [-0.2, 0) is 36.3 Å². The molecule has 0 bridgehead atoms. The van der Waals surface area contributed by atoms with E-state index in [0.29, 0.717) is 0 Å². The molecule has 35 heavy (non-hydrogen) atoms. The molecule has 0 spiro atoms. The van der Waals surface area contributed by atoms with E-state index in [2.05, 4.69) is 38.1 Å². The fraction of sp³-hybridized carbons (Fsp3) is 0.545. The second kappa shape index (κ2) is 10.4. The Balaban J connectivity index is 1.76. The smallest absolute Gasteiger partial charge is 0.369 e. The molecule has 0 radical (unpaired) electrons. The van der Waals surface area contributed by atoms with Crippen LogP contribution in [0.4, 0.5) is 5.95 Å². The number of aromatic amines is 1. The molecule has 24 heteroatoms. The first-order valence-corrected chi connectivity index (χ1v) is 13.5. The van der Waals surface area contributed by atoms with Crippen molar-refractivity contribution in [2.75, 3.05) is 19.1 Å². The van der Waals surface area contributed by atoms with E-state index in [1.54, 1.807) is 0 Å². The Morgan fingerprint density at radius 2 is 2.00 bits per heavy atom. The number of ether oxygens (including phenoxy) is 2. The molecule has 2 aromatic heterocycles. The summed E-state index contributed by atoms with van der Waals surface area (Å²) in [6.07, 6.45) is -1.81. The number of aromatic nitrogens is 4. The lowest BCUT2D eigenvalue weighted by Gasteiger charge is -2.20. The highest BCUT2D eigenvalue weighted by atomic mass is 31.3. The number of nitrogen functional groups attached to an aromatic ring is 1. The number of imidazole rings is 1. The maximum absolute atomic E-state index is 12.0. The molecular weight excluding hydrogens is 545 g/mol. The summed E-state index contributed by atoms with van der Waals surface area (Å²) in [4.78, 5) is 61.0. The zero-order valence-corrected chi connectivity index (χ0v) is 19.7. The number of hydrogen-bond acceptors (Lipinski definition) is 14. The molecule has 0 saturated carbocycles. The number of nitrogens with zero attached hydrogens (tertiary/aromatic N) is 5. The van der Waals surface area contributed by atoms with Gasteiger partial charge in [0.1, 0.15) is 23.0 Å². The zero-order valence-electron chi connectivity index (χ0n) is 17.0. The number of rotatable bonds is 11. The average molecular weight is 563 g/mol. The SMILES string of the molecule is N=[N+]=NCO[C@@H]1C[C@H](n2cnc3c(=O)[nH]c(N)nc32)O[C@@H]1COP(=O)(O)OP(=O)(O)OP(=O)(O)O. The van der Waals surface area contributed by atoms with Crippen LogP contribution in [0.15, 0.2) is 16.2 Å². The molecule has 0 aliphatic carbocycles. The summed E-state index contributed by atoms with van der Waals surface area (Å²) >= 11 is 0. The average Bonchev–Trinajstić information content (AvgIpc) is 3.28. The van der Waals surface area contributed by atoms with Gasteiger partial charge in [-0.25, -0.2) is 18.7 Å². The molecule has 1 aliphatic rings. The lowest BCUT2D eigenvalue weighted by atomic mass is 10.2. The van der Waals surface area contributed by atoms with Crippen molar-refractivity contribution in [2.45, 2.75) is 24.9 Å². The van der Waals surface area contributed by atoms with Crippen LogP contribution in [0.5, 0.6) is 0 Å². The third-order valence-electron chi connectivity index (χ3n) is 4.18. The van der Waals surface area contributed by atoms with Gasteiger partial charge in [-0.2, -0.15) is 13.6 Å². The standard InChI is InChI=1S/C11H17N8O13P3/c12-11-16-9-8(10(20)17-11)14-3-19(9)7-1-5(28-4-15-18-13)6(30-7)2-29-34(24,25)32-35(26,27)31-33(21,22)23/h3,5-7,13H,1-2,4H2,(H6-,12,16,17,20,21,22,23,24,25,26,27)/p+1/t5-,6-,7-/m1/s1. The predicted molar refractivity (Wildman–Crippen MR) is 108 cm³/mol. The molecule has 1 saturated heterocycles. The van der Waals surface area contributed by atoms with Gasteiger partial charge in [-0.15, -0.1) is 0 Å². The van der Waals surface area contributed by atoms with E-state index in [-0.39, 0.29) is 23.5 Å². The molecule has 1 aliphatic heterocycles. The van der Waals surface area contributed by atoms with E-state index < -0.39 is 60.8 Å². The first-order chi connectivity index (χ1) is 16.2. The van der Waals surface area contributed by atoms with E-state index in [1.165, 1.54) is 10.9 Å². The number of phosphoric ester groups is 1. The van der Waals surface area contributed by atoms with Gasteiger partial charge in [0, 0.05) is 6.42 Å². The quantitative estimate of drug-likeness (QED) is 0.100. The van der Waals surface area contributed by atoms with Gasteiger partial charge in [0.05, 0.1) is 19.0 Å². The van der Waals surface area contributed by atoms with Crippen molar-refractivity contribution in [3.8, 4) is 0 Å². The number of fused-ring (bicyclic) bond motifs is 1. The number of H-pyrrole nitrogens is 1. The molecule has 2 aromatic rings. The summed E-state index contributed by atoms with van der Waals surface area (Å²) in [6.45, 7) is -1.23. The fourth-order valence-corrected chi connectivity index (χ4v) is 6.01. The molecular formula is C11H18N8O13P3+. The van der Waals surface area contributed by atoms with Gasteiger partial charge in [-0.05, 0) is 0 Å². The van der Waals surface area contributed by atoms with Gasteiger partial charge in [0.25, 0.3) is 5.56 Å². The molecule has 21 nitrogen and oxygen atoms in total. The Kier molecular flexibility index (Phi) is 8.15. The van der Waals surface area contributed by atoms with E-state index in [1.807, 2.05) is 0 Å². The largest absolute Gasteiger partial charge is 0.490 e. The van der Waals surface area contributed by atoms with Crippen LogP contribution in [0, 0.1) is 5.53 Å². The fourth-order valence-electron chi connectivity index (χ4n) is 2.98. The number of anilines is 1. The lowest BCUT2D eigenvalue weighted by Crippen LogP contribution is -2.29. The minimum Gasteiger partial charge on any atom is -0.369 e. The topological polar surface area (TPSA) is 318 Å². The van der Waals surface area contributed by atoms with Crippen molar-refractivity contribution in [1.29, 1.82) is 5.53 Å². The molecule has 0 amide bonds. The van der Waals surface area contributed by atoms with E-state index in [9.17, 15) is 28.3 Å². The normalized spacial score (nSPS) is 24.1. The highest BCUT2D eigenvalue weighted by Gasteiger charge is 2.43. The van der Waals surface area contributed by atoms with Gasteiger partial charge in [-0.1, -0.05) is 0 Å². The van der Waals surface area contributed by atoms with Gasteiger partial charge in [-0.3, -0.25) is 18.9 Å². The number of nitrogens with two attached hydrogens (primary N) is 1. The van der Waals surface area contributed by atoms with Crippen molar-refractivity contribution in [3.05, 3.63) is 16.7 Å². The Bertz CT molecular complexity index is 1330. The van der Waals surface area contributed by atoms with Crippen LogP contribution in [0.3, 0.4) is 0 Å². The zero-order chi connectivity index (χ0) is 26.0. The van der Waals surface area contributed by atoms with Crippen molar-refractivity contribution < 1.29 is 55.9 Å². The van der Waals surface area contributed by atoms with Gasteiger partial charge >= 0.3 is 23.5 Å². The Morgan fingerprint density at radius 1 is 1.29 bits per heavy atom. The third-order valence-corrected chi connectivity index (χ3v) is 7.98. The first kappa shape index (κ1) is 27.4. The van der Waals surface area contributed by atoms with E-state index in [0.717, 1.165) is 0 Å². The van der Waals surface area contributed by atoms with E-state index >= 15 is 0 Å². The van der Waals surface area contributed by atoms with Crippen molar-refractivity contribution >= 4 is 40.6 Å². The number of phosphoric acid groups is 3. The summed E-state index contributed by atoms with van der Waals surface area (Å²) in [6, 6.07) is 0. The highest BCUT2D eigenvalue weighted by Crippen LogP contribution is 2.66. The van der Waals surface area contributed by atoms with Crippen LogP contribution >= 0.6 is 23.5 Å². The molecule has 2 unspecified atom stereocenters. The van der Waals surface area contributed by atoms with Gasteiger partial charge < -0.3 is 34.8 Å². The Morgan fingerprint density at radius 3 is 2.66 bits per heavy atom. The highest BCUT2D eigenvalue weighted by molar-refractivity contribution is 7.66. The maximum Gasteiger partial charge on any atom is 0.490 e. The van der Waals surface area contributed by atoms with Crippen LogP contribution in [0.2, 0.25) is 0 Å². The third kappa shape index (κ3) is 7.39. The van der Waals surface area contributed by atoms with Crippen LogP contribution in [-0.4, -0.2) is 64.6 Å². The lowest BCUT2D eigenvalue weighted by molar-refractivity contribution is -0.0588. The molecule has 8 N–H and O–H groups in total. The van der Waals surface area contributed by atoms with Crippen LogP contribution in [0.25, 0.3) is 11.2 Å². The molecule has 3 rings (SSSR count). The van der Waals surface area contributed by atoms with Crippen molar-refractivity contribution in [2.24, 2.45) is 5.11 Å². The molecule has 5 atom stereocenters. The summed E-state index contributed by atoms with van der Waals surface area (Å²) in [7, 11) is -16.7. The second-order valence-electron chi connectivity index (χ2n) is 6.60. The number of nitrogens with one attached hydrogen (secondary N) is 2. The van der Waals surface area contributed by atoms with Crippen LogP contribution in [0.1, 0.15) is 12.6 Å². The monoisotopic (exact) mass is 563 g/mol. The summed E-state index contributed by atoms with van der Waals surface area (Å²) < 4.78 is 58.6. The van der Waals surface area contributed by atoms with Crippen LogP contribution < -0.4 is 16.2 Å². The first-order valence-electron chi connectivity index (χ1n) is 9.00. The second-order valence-corrected chi connectivity index (χ2v) is 11.0. The maximum atomic E-state index is 12.0. The summed E-state index contributed by atoms with van der Waals surface area (Å²) in [5, 5.41) is 3.31.